The highest BCUT2D eigenvalue weighted by atomic mass is 127. The third-order valence-corrected chi connectivity index (χ3v) is 2.90. The number of halogens is 1. The van der Waals surface area contributed by atoms with E-state index in [-0.39, 0.29) is 30.1 Å². The quantitative estimate of drug-likeness (QED) is 0.407. The van der Waals surface area contributed by atoms with Gasteiger partial charge in [0.2, 0.25) is 5.89 Å². The molecule has 0 bridgehead atoms. The van der Waals surface area contributed by atoms with Crippen LogP contribution in [0.4, 0.5) is 0 Å². The fraction of sp³-hybridized carbons (Fsp3) is 0.769. The maximum absolute atomic E-state index is 5.42. The molecule has 1 aliphatic rings. The van der Waals surface area contributed by atoms with Crippen molar-refractivity contribution < 1.29 is 9.26 Å². The Balaban J connectivity index is 0.00000220. The molecule has 0 saturated heterocycles. The second-order valence-electron chi connectivity index (χ2n) is 4.76. The highest BCUT2D eigenvalue weighted by Gasteiger charge is 2.22. The van der Waals surface area contributed by atoms with Gasteiger partial charge in [0, 0.05) is 19.2 Å². The van der Waals surface area contributed by atoms with Gasteiger partial charge in [0.05, 0.1) is 0 Å². The van der Waals surface area contributed by atoms with Gasteiger partial charge in [0.25, 0.3) is 0 Å². The van der Waals surface area contributed by atoms with Gasteiger partial charge in [-0.3, -0.25) is 0 Å². The van der Waals surface area contributed by atoms with Gasteiger partial charge < -0.3 is 19.9 Å². The van der Waals surface area contributed by atoms with E-state index >= 15 is 0 Å². The molecule has 0 spiro atoms. The molecule has 1 aromatic rings. The molecule has 1 saturated carbocycles. The molecule has 1 fully saturated rings. The van der Waals surface area contributed by atoms with Crippen molar-refractivity contribution in [1.29, 1.82) is 0 Å². The minimum atomic E-state index is -0.153. The van der Waals surface area contributed by atoms with E-state index < -0.39 is 0 Å². The summed E-state index contributed by atoms with van der Waals surface area (Å²) in [6.45, 7) is 7.70. The Morgan fingerprint density at radius 1 is 1.48 bits per heavy atom. The van der Waals surface area contributed by atoms with E-state index in [9.17, 15) is 0 Å². The van der Waals surface area contributed by atoms with Gasteiger partial charge in [-0.15, -0.1) is 24.0 Å². The van der Waals surface area contributed by atoms with Crippen LogP contribution in [0.15, 0.2) is 9.52 Å². The standard InChI is InChI=1S/C13H23N5O2.HI/c1-4-14-13(16-10-6-7-10)15-8-11-17-12(18-20-11)9(3)19-5-2;/h9-10H,4-8H2,1-3H3,(H2,14,15,16);1H. The summed E-state index contributed by atoms with van der Waals surface area (Å²) in [4.78, 5) is 8.73. The molecule has 0 aromatic carbocycles. The van der Waals surface area contributed by atoms with E-state index in [4.69, 9.17) is 9.26 Å². The van der Waals surface area contributed by atoms with Gasteiger partial charge >= 0.3 is 0 Å². The molecule has 1 unspecified atom stereocenters. The van der Waals surface area contributed by atoms with Crippen molar-refractivity contribution in [3.8, 4) is 0 Å². The number of nitrogens with one attached hydrogen (secondary N) is 2. The molecule has 120 valence electrons. The predicted molar refractivity (Wildman–Crippen MR) is 90.7 cm³/mol. The van der Waals surface area contributed by atoms with Crippen molar-refractivity contribution in [1.82, 2.24) is 20.8 Å². The first-order chi connectivity index (χ1) is 9.72. The Labute approximate surface area is 142 Å². The minimum absolute atomic E-state index is 0. The normalized spacial score (nSPS) is 16.2. The lowest BCUT2D eigenvalue weighted by Gasteiger charge is -2.09. The molecule has 1 heterocycles. The molecular weight excluding hydrogens is 385 g/mol. The molecule has 21 heavy (non-hydrogen) atoms. The molecule has 2 N–H and O–H groups in total. The number of hydrogen-bond donors (Lipinski definition) is 2. The molecule has 0 amide bonds. The molecule has 0 aliphatic heterocycles. The van der Waals surface area contributed by atoms with Gasteiger partial charge in [0.15, 0.2) is 11.8 Å². The number of rotatable bonds is 7. The topological polar surface area (TPSA) is 84.6 Å². The van der Waals surface area contributed by atoms with Crippen LogP contribution in [0.2, 0.25) is 0 Å². The van der Waals surface area contributed by atoms with Crippen LogP contribution < -0.4 is 10.6 Å². The van der Waals surface area contributed by atoms with Crippen molar-refractivity contribution in [3.05, 3.63) is 11.7 Å². The minimum Gasteiger partial charge on any atom is -0.371 e. The Hall–Kier alpha value is -0.900. The molecule has 2 rings (SSSR count). The van der Waals surface area contributed by atoms with Crippen LogP contribution >= 0.6 is 24.0 Å². The van der Waals surface area contributed by atoms with Gasteiger partial charge in [-0.2, -0.15) is 4.98 Å². The highest BCUT2D eigenvalue weighted by molar-refractivity contribution is 14.0. The van der Waals surface area contributed by atoms with E-state index in [0.717, 1.165) is 12.5 Å². The summed E-state index contributed by atoms with van der Waals surface area (Å²) in [5.41, 5.74) is 0. The van der Waals surface area contributed by atoms with Crippen molar-refractivity contribution in [2.24, 2.45) is 4.99 Å². The molecular formula is C13H24IN5O2. The summed E-state index contributed by atoms with van der Waals surface area (Å²) < 4.78 is 10.6. The molecule has 1 aliphatic carbocycles. The first-order valence-corrected chi connectivity index (χ1v) is 7.21. The fourth-order valence-electron chi connectivity index (χ4n) is 1.71. The number of aromatic nitrogens is 2. The summed E-state index contributed by atoms with van der Waals surface area (Å²) in [6.07, 6.45) is 2.27. The lowest BCUT2D eigenvalue weighted by Crippen LogP contribution is -2.38. The summed E-state index contributed by atoms with van der Waals surface area (Å²) in [5.74, 6) is 1.87. The third-order valence-electron chi connectivity index (χ3n) is 2.90. The molecule has 7 nitrogen and oxygen atoms in total. The van der Waals surface area contributed by atoms with Crippen LogP contribution in [0.5, 0.6) is 0 Å². The van der Waals surface area contributed by atoms with Crippen LogP contribution in [0.1, 0.15) is 51.4 Å². The second kappa shape index (κ2) is 9.19. The predicted octanol–water partition coefficient (Wildman–Crippen LogP) is 2.00. The lowest BCUT2D eigenvalue weighted by molar-refractivity contribution is 0.0683. The number of hydrogen-bond acceptors (Lipinski definition) is 5. The fourth-order valence-corrected chi connectivity index (χ4v) is 1.71. The molecule has 1 aromatic heterocycles. The zero-order chi connectivity index (χ0) is 14.4. The Morgan fingerprint density at radius 3 is 2.86 bits per heavy atom. The van der Waals surface area contributed by atoms with Crippen LogP contribution in [-0.2, 0) is 11.3 Å². The summed E-state index contributed by atoms with van der Waals surface area (Å²) >= 11 is 0. The van der Waals surface area contributed by atoms with E-state index in [1.54, 1.807) is 0 Å². The lowest BCUT2D eigenvalue weighted by atomic mass is 10.4. The maximum atomic E-state index is 5.42. The maximum Gasteiger partial charge on any atom is 0.248 e. The Bertz CT molecular complexity index is 448. The monoisotopic (exact) mass is 409 g/mol. The smallest absolute Gasteiger partial charge is 0.248 e. The summed E-state index contributed by atoms with van der Waals surface area (Å²) in [7, 11) is 0. The van der Waals surface area contributed by atoms with Gasteiger partial charge in [0.1, 0.15) is 12.6 Å². The Kier molecular flexibility index (Phi) is 7.94. The van der Waals surface area contributed by atoms with E-state index in [1.807, 2.05) is 20.8 Å². The van der Waals surface area contributed by atoms with Crippen LogP contribution in [0.25, 0.3) is 0 Å². The first kappa shape index (κ1) is 18.1. The van der Waals surface area contributed by atoms with Gasteiger partial charge in [-0.25, -0.2) is 4.99 Å². The SMILES string of the molecule is CCNC(=NCc1nc(C(C)OCC)no1)NC1CC1.I. The van der Waals surface area contributed by atoms with E-state index in [2.05, 4.69) is 25.8 Å². The summed E-state index contributed by atoms with van der Waals surface area (Å²) in [5, 5.41) is 10.4. The van der Waals surface area contributed by atoms with Crippen molar-refractivity contribution in [2.45, 2.75) is 52.3 Å². The van der Waals surface area contributed by atoms with E-state index in [1.165, 1.54) is 12.8 Å². The first-order valence-electron chi connectivity index (χ1n) is 7.21. The average Bonchev–Trinajstić information content (AvgIpc) is 3.11. The number of aliphatic imine (C=N–C) groups is 1. The van der Waals surface area contributed by atoms with Crippen LogP contribution in [-0.4, -0.2) is 35.3 Å². The van der Waals surface area contributed by atoms with Gasteiger partial charge in [-0.05, 0) is 33.6 Å². The number of nitrogens with zero attached hydrogens (tertiary/aromatic N) is 3. The zero-order valence-electron chi connectivity index (χ0n) is 12.8. The van der Waals surface area contributed by atoms with E-state index in [0.29, 0.717) is 30.9 Å². The van der Waals surface area contributed by atoms with Crippen molar-refractivity contribution in [3.63, 3.8) is 0 Å². The highest BCUT2D eigenvalue weighted by Crippen LogP contribution is 2.18. The van der Waals surface area contributed by atoms with Gasteiger partial charge in [-0.1, -0.05) is 5.16 Å². The van der Waals surface area contributed by atoms with Crippen LogP contribution in [0.3, 0.4) is 0 Å². The molecule has 8 heteroatoms. The number of ether oxygens (including phenoxy) is 1. The second-order valence-corrected chi connectivity index (χ2v) is 4.76. The summed E-state index contributed by atoms with van der Waals surface area (Å²) in [6, 6.07) is 0.559. The zero-order valence-corrected chi connectivity index (χ0v) is 15.1. The largest absolute Gasteiger partial charge is 0.371 e. The molecule has 1 atom stereocenters. The average molecular weight is 409 g/mol. The Morgan fingerprint density at radius 2 is 2.24 bits per heavy atom. The number of guanidine groups is 1. The molecule has 0 radical (unpaired) electrons. The van der Waals surface area contributed by atoms with Crippen molar-refractivity contribution in [2.75, 3.05) is 13.2 Å². The van der Waals surface area contributed by atoms with Crippen LogP contribution in [0, 0.1) is 0 Å². The van der Waals surface area contributed by atoms with Crippen molar-refractivity contribution >= 4 is 29.9 Å². The third kappa shape index (κ3) is 6.16.